The molecule has 0 spiro atoms. The van der Waals surface area contributed by atoms with Crippen molar-refractivity contribution in [3.05, 3.63) is 68.1 Å². The number of benzene rings is 1. The van der Waals surface area contributed by atoms with Crippen LogP contribution in [0.3, 0.4) is 0 Å². The van der Waals surface area contributed by atoms with E-state index in [-0.39, 0.29) is 11.7 Å². The third-order valence-corrected chi connectivity index (χ3v) is 6.42. The van der Waals surface area contributed by atoms with Gasteiger partial charge in [-0.1, -0.05) is 18.2 Å². The largest absolute Gasteiger partial charge is 0.376 e. The van der Waals surface area contributed by atoms with Gasteiger partial charge in [-0.05, 0) is 66.5 Å². The average molecular weight is 428 g/mol. The van der Waals surface area contributed by atoms with Crippen molar-refractivity contribution in [3.63, 3.8) is 0 Å². The van der Waals surface area contributed by atoms with E-state index in [2.05, 4.69) is 32.7 Å². The second kappa shape index (κ2) is 9.07. The summed E-state index contributed by atoms with van der Waals surface area (Å²) in [5, 5.41) is 7.08. The van der Waals surface area contributed by atoms with E-state index in [1.165, 1.54) is 4.88 Å². The molecule has 2 N–H and O–H groups in total. The van der Waals surface area contributed by atoms with Crippen LogP contribution in [0.4, 0.5) is 0 Å². The van der Waals surface area contributed by atoms with Gasteiger partial charge in [-0.3, -0.25) is 4.79 Å². The molecule has 0 bridgehead atoms. The van der Waals surface area contributed by atoms with Gasteiger partial charge in [-0.2, -0.15) is 0 Å². The molecule has 0 radical (unpaired) electrons. The van der Waals surface area contributed by atoms with Crippen molar-refractivity contribution >= 4 is 39.6 Å². The van der Waals surface area contributed by atoms with Crippen LogP contribution >= 0.6 is 23.6 Å². The van der Waals surface area contributed by atoms with Crippen LogP contribution in [0.25, 0.3) is 10.9 Å². The lowest BCUT2D eigenvalue weighted by Gasteiger charge is -2.26. The van der Waals surface area contributed by atoms with Crippen molar-refractivity contribution in [2.45, 2.75) is 39.0 Å². The quantitative estimate of drug-likeness (QED) is 0.584. The van der Waals surface area contributed by atoms with E-state index in [9.17, 15) is 4.79 Å². The summed E-state index contributed by atoms with van der Waals surface area (Å²) < 4.78 is 5.69. The molecule has 1 aliphatic heterocycles. The number of hydrogen-bond acceptors (Lipinski definition) is 4. The summed E-state index contributed by atoms with van der Waals surface area (Å²) in [7, 11) is 0. The summed E-state index contributed by atoms with van der Waals surface area (Å²) in [4.78, 5) is 19.0. The number of aryl methyl sites for hydroxylation is 1. The fourth-order valence-electron chi connectivity index (χ4n) is 3.59. The lowest BCUT2D eigenvalue weighted by Crippen LogP contribution is -2.42. The van der Waals surface area contributed by atoms with Gasteiger partial charge in [0.25, 0.3) is 5.56 Å². The topological polar surface area (TPSA) is 57.4 Å². The van der Waals surface area contributed by atoms with Crippen LogP contribution in [-0.4, -0.2) is 34.3 Å². The summed E-state index contributed by atoms with van der Waals surface area (Å²) >= 11 is 7.38. The summed E-state index contributed by atoms with van der Waals surface area (Å²) in [5.74, 6) is 0. The van der Waals surface area contributed by atoms with Crippen LogP contribution in [-0.2, 0) is 17.8 Å². The number of thiocarbonyl (C=S) groups is 1. The SMILES string of the molecule is Cc1ccc2cc(CN(Cc3cccs3)C(=S)NC[C@H]3CCCO3)c(=O)[nH]c2c1. The Hall–Kier alpha value is -2.22. The molecule has 3 heterocycles. The second-order valence-electron chi connectivity index (χ2n) is 7.47. The molecule has 7 heteroatoms. The lowest BCUT2D eigenvalue weighted by atomic mass is 10.1. The molecule has 29 heavy (non-hydrogen) atoms. The fraction of sp³-hybridized carbons (Fsp3) is 0.364. The van der Waals surface area contributed by atoms with Gasteiger partial charge in [0, 0.05) is 29.1 Å². The van der Waals surface area contributed by atoms with Crippen LogP contribution in [0.15, 0.2) is 46.6 Å². The van der Waals surface area contributed by atoms with Gasteiger partial charge in [0.1, 0.15) is 0 Å². The average Bonchev–Trinajstić information content (AvgIpc) is 3.40. The Morgan fingerprint density at radius 1 is 1.34 bits per heavy atom. The van der Waals surface area contributed by atoms with E-state index >= 15 is 0 Å². The Kier molecular flexibility index (Phi) is 6.28. The van der Waals surface area contributed by atoms with Crippen LogP contribution in [0.5, 0.6) is 0 Å². The number of aromatic amines is 1. The zero-order valence-corrected chi connectivity index (χ0v) is 18.1. The lowest BCUT2D eigenvalue weighted by molar-refractivity contribution is 0.113. The third-order valence-electron chi connectivity index (χ3n) is 5.16. The normalized spacial score (nSPS) is 16.2. The number of H-pyrrole nitrogens is 1. The van der Waals surface area contributed by atoms with Gasteiger partial charge in [0.05, 0.1) is 19.2 Å². The number of thiophene rings is 1. The zero-order chi connectivity index (χ0) is 20.2. The van der Waals surface area contributed by atoms with Gasteiger partial charge in [0.15, 0.2) is 5.11 Å². The maximum absolute atomic E-state index is 12.7. The van der Waals surface area contributed by atoms with E-state index in [0.29, 0.717) is 30.3 Å². The Labute approximate surface area is 179 Å². The first-order valence-electron chi connectivity index (χ1n) is 9.88. The fourth-order valence-corrected chi connectivity index (χ4v) is 4.52. The van der Waals surface area contributed by atoms with Crippen molar-refractivity contribution in [2.75, 3.05) is 13.2 Å². The Balaban J connectivity index is 1.54. The van der Waals surface area contributed by atoms with Gasteiger partial charge >= 0.3 is 0 Å². The summed E-state index contributed by atoms with van der Waals surface area (Å²) in [6.07, 6.45) is 2.37. The molecule has 1 saturated heterocycles. The Bertz CT molecular complexity index is 1040. The zero-order valence-electron chi connectivity index (χ0n) is 16.4. The van der Waals surface area contributed by atoms with Crippen molar-refractivity contribution in [2.24, 2.45) is 0 Å². The maximum atomic E-state index is 12.7. The molecule has 1 aromatic carbocycles. The molecule has 152 valence electrons. The van der Waals surface area contributed by atoms with Gasteiger partial charge in [-0.15, -0.1) is 11.3 Å². The van der Waals surface area contributed by atoms with Crippen LogP contribution < -0.4 is 10.9 Å². The number of pyridine rings is 1. The molecule has 0 unspecified atom stereocenters. The van der Waals surface area contributed by atoms with Crippen LogP contribution in [0.2, 0.25) is 0 Å². The number of nitrogens with one attached hydrogen (secondary N) is 2. The first kappa shape index (κ1) is 20.1. The van der Waals surface area contributed by atoms with Crippen molar-refractivity contribution < 1.29 is 4.74 Å². The Morgan fingerprint density at radius 3 is 3.00 bits per heavy atom. The third kappa shape index (κ3) is 5.04. The van der Waals surface area contributed by atoms with Crippen molar-refractivity contribution in [1.82, 2.24) is 15.2 Å². The predicted molar refractivity (Wildman–Crippen MR) is 122 cm³/mol. The molecule has 0 aliphatic carbocycles. The number of fused-ring (bicyclic) bond motifs is 1. The molecular formula is C22H25N3O2S2. The number of aromatic nitrogens is 1. The highest BCUT2D eigenvalue weighted by molar-refractivity contribution is 7.80. The summed E-state index contributed by atoms with van der Waals surface area (Å²) in [6, 6.07) is 12.2. The molecule has 3 aromatic rings. The molecule has 0 saturated carbocycles. The number of nitrogens with zero attached hydrogens (tertiary/aromatic N) is 1. The van der Waals surface area contributed by atoms with Crippen molar-refractivity contribution in [1.29, 1.82) is 0 Å². The van der Waals surface area contributed by atoms with Gasteiger partial charge < -0.3 is 19.9 Å². The highest BCUT2D eigenvalue weighted by Crippen LogP contribution is 2.17. The molecule has 5 nitrogen and oxygen atoms in total. The second-order valence-corrected chi connectivity index (χ2v) is 8.89. The van der Waals surface area contributed by atoms with E-state index in [4.69, 9.17) is 17.0 Å². The first-order chi connectivity index (χ1) is 14.1. The molecule has 1 aliphatic rings. The standard InChI is InChI=1S/C22H25N3O2S2/c1-15-6-7-16-11-17(21(26)24-20(16)10-15)13-25(14-19-5-3-9-29-19)22(28)23-12-18-4-2-8-27-18/h3,5-7,9-11,18H,2,4,8,12-14H2,1H3,(H,23,28)(H,24,26)/t18-/m1/s1. The van der Waals surface area contributed by atoms with Gasteiger partial charge in [0.2, 0.25) is 0 Å². The molecular weight excluding hydrogens is 402 g/mol. The monoisotopic (exact) mass is 427 g/mol. The number of rotatable bonds is 6. The van der Waals surface area contributed by atoms with E-state index in [1.54, 1.807) is 11.3 Å². The summed E-state index contributed by atoms with van der Waals surface area (Å²) in [5.41, 5.74) is 2.63. The molecule has 1 atom stereocenters. The van der Waals surface area contributed by atoms with E-state index in [0.717, 1.165) is 35.9 Å². The molecule has 2 aromatic heterocycles. The predicted octanol–water partition coefficient (Wildman–Crippen LogP) is 3.95. The van der Waals surface area contributed by atoms with E-state index in [1.807, 2.05) is 31.2 Å². The minimum absolute atomic E-state index is 0.0683. The maximum Gasteiger partial charge on any atom is 0.253 e. The van der Waals surface area contributed by atoms with Crippen molar-refractivity contribution in [3.8, 4) is 0 Å². The highest BCUT2D eigenvalue weighted by Gasteiger charge is 2.18. The van der Waals surface area contributed by atoms with E-state index < -0.39 is 0 Å². The summed E-state index contributed by atoms with van der Waals surface area (Å²) in [6.45, 7) is 4.67. The minimum Gasteiger partial charge on any atom is -0.376 e. The van der Waals surface area contributed by atoms with Crippen LogP contribution in [0.1, 0.15) is 28.8 Å². The molecule has 1 fully saturated rings. The molecule has 4 rings (SSSR count). The Morgan fingerprint density at radius 2 is 2.24 bits per heavy atom. The minimum atomic E-state index is -0.0683. The molecule has 0 amide bonds. The number of hydrogen-bond donors (Lipinski definition) is 2. The highest BCUT2D eigenvalue weighted by atomic mass is 32.1. The van der Waals surface area contributed by atoms with Gasteiger partial charge in [-0.25, -0.2) is 0 Å². The first-order valence-corrected chi connectivity index (χ1v) is 11.2. The van der Waals surface area contributed by atoms with Crippen LogP contribution in [0, 0.1) is 6.92 Å². The number of ether oxygens (including phenoxy) is 1. The smallest absolute Gasteiger partial charge is 0.253 e.